The van der Waals surface area contributed by atoms with Crippen LogP contribution >= 0.6 is 35.3 Å². The number of nitrogens with one attached hydrogen (secondary N) is 2. The van der Waals surface area contributed by atoms with E-state index >= 15 is 0 Å². The molecule has 2 saturated heterocycles. The van der Waals surface area contributed by atoms with Crippen LogP contribution < -0.4 is 10.6 Å². The zero-order valence-electron chi connectivity index (χ0n) is 34.9. The molecule has 2 fully saturated rings. The Labute approximate surface area is 385 Å². The Morgan fingerprint density at radius 3 is 1.91 bits per heavy atom. The summed E-state index contributed by atoms with van der Waals surface area (Å²) in [5.41, 5.74) is 5.75. The van der Waals surface area contributed by atoms with Crippen LogP contribution in [0.25, 0.3) is 0 Å². The van der Waals surface area contributed by atoms with E-state index in [4.69, 9.17) is 36.3 Å². The summed E-state index contributed by atoms with van der Waals surface area (Å²) in [6.07, 6.45) is 0.0829. The van der Waals surface area contributed by atoms with Crippen LogP contribution in [-0.4, -0.2) is 76.7 Å². The maximum atomic E-state index is 14.4. The predicted octanol–water partition coefficient (Wildman–Crippen LogP) is 8.70. The van der Waals surface area contributed by atoms with Crippen LogP contribution in [-0.2, 0) is 34.2 Å². The third-order valence-corrected chi connectivity index (χ3v) is 13.8. The quantitative estimate of drug-likeness (QED) is 0.0340. The van der Waals surface area contributed by atoms with Gasteiger partial charge in [-0.1, -0.05) is 157 Å². The van der Waals surface area contributed by atoms with Crippen LogP contribution in [0.15, 0.2) is 173 Å². The number of oxime groups is 1. The lowest BCUT2D eigenvalue weighted by molar-refractivity contribution is -0.144. The molecule has 9 rings (SSSR count). The van der Waals surface area contributed by atoms with Crippen molar-refractivity contribution in [2.75, 3.05) is 38.2 Å². The van der Waals surface area contributed by atoms with Gasteiger partial charge in [0.15, 0.2) is 10.8 Å². The van der Waals surface area contributed by atoms with Gasteiger partial charge in [0.2, 0.25) is 5.05 Å². The number of nitrogens with zero attached hydrogens (tertiary/aromatic N) is 3. The first-order valence-corrected chi connectivity index (χ1v) is 23.2. The third-order valence-electron chi connectivity index (χ3n) is 11.4. The molecular formula is C50H45N5O6S3. The molecule has 0 saturated carbocycles. The van der Waals surface area contributed by atoms with Crippen molar-refractivity contribution in [3.63, 3.8) is 0 Å². The Kier molecular flexibility index (Phi) is 13.3. The summed E-state index contributed by atoms with van der Waals surface area (Å²) in [6.45, 7) is 1.32. The van der Waals surface area contributed by atoms with E-state index in [0.29, 0.717) is 36.2 Å². The SMILES string of the molecule is CO/N=C(\C(=O)NC1C(=O)N2C(C(=S)OC(c3ccccc3)c3ccccc3)=C(CC3COCOC3)CS[C@H]12)c1csc(NC(c2ccccc2)(c2ccccc2)c2ccccc2)n1. The van der Waals surface area contributed by atoms with Crippen LogP contribution in [0.4, 0.5) is 5.13 Å². The monoisotopic (exact) mass is 907 g/mol. The molecule has 324 valence electrons. The molecule has 14 heteroatoms. The van der Waals surface area contributed by atoms with Crippen molar-refractivity contribution in [2.24, 2.45) is 11.1 Å². The van der Waals surface area contributed by atoms with Crippen molar-refractivity contribution >= 4 is 63.0 Å². The van der Waals surface area contributed by atoms with Crippen LogP contribution in [0, 0.1) is 5.92 Å². The van der Waals surface area contributed by atoms with Crippen molar-refractivity contribution in [3.05, 3.63) is 202 Å². The van der Waals surface area contributed by atoms with Crippen LogP contribution in [0.3, 0.4) is 0 Å². The van der Waals surface area contributed by atoms with Crippen molar-refractivity contribution in [2.45, 2.75) is 29.5 Å². The number of aromatic nitrogens is 1. The number of hydrogen-bond acceptors (Lipinski definition) is 12. The van der Waals surface area contributed by atoms with Gasteiger partial charge in [-0.25, -0.2) is 4.98 Å². The van der Waals surface area contributed by atoms with E-state index in [9.17, 15) is 9.59 Å². The van der Waals surface area contributed by atoms with Crippen LogP contribution in [0.5, 0.6) is 0 Å². The lowest BCUT2D eigenvalue weighted by Gasteiger charge is -2.50. The van der Waals surface area contributed by atoms with E-state index in [1.54, 1.807) is 22.0 Å². The number of fused-ring (bicyclic) bond motifs is 1. The summed E-state index contributed by atoms with van der Waals surface area (Å²) in [4.78, 5) is 40.5. The largest absolute Gasteiger partial charge is 0.469 e. The van der Waals surface area contributed by atoms with Gasteiger partial charge in [-0.15, -0.1) is 23.1 Å². The van der Waals surface area contributed by atoms with E-state index in [-0.39, 0.29) is 35.1 Å². The second-order valence-electron chi connectivity index (χ2n) is 15.5. The number of carbonyl (C=O) groups excluding carboxylic acids is 2. The normalized spacial score (nSPS) is 17.9. The van der Waals surface area contributed by atoms with Gasteiger partial charge in [0.05, 0.1) is 18.9 Å². The summed E-state index contributed by atoms with van der Waals surface area (Å²) < 4.78 is 18.0. The van der Waals surface area contributed by atoms with E-state index in [1.807, 2.05) is 115 Å². The molecule has 0 bridgehead atoms. The van der Waals surface area contributed by atoms with Gasteiger partial charge >= 0.3 is 0 Å². The highest BCUT2D eigenvalue weighted by Crippen LogP contribution is 2.44. The highest BCUT2D eigenvalue weighted by atomic mass is 32.2. The van der Waals surface area contributed by atoms with E-state index in [1.165, 1.54) is 18.4 Å². The van der Waals surface area contributed by atoms with E-state index in [0.717, 1.165) is 33.4 Å². The number of thiazole rings is 1. The molecule has 2 N–H and O–H groups in total. The van der Waals surface area contributed by atoms with Crippen molar-refractivity contribution in [1.82, 2.24) is 15.2 Å². The molecular weight excluding hydrogens is 863 g/mol. The Morgan fingerprint density at radius 1 is 0.844 bits per heavy atom. The molecule has 3 aliphatic heterocycles. The molecule has 1 unspecified atom stereocenters. The van der Waals surface area contributed by atoms with E-state index in [2.05, 4.69) is 52.2 Å². The summed E-state index contributed by atoms with van der Waals surface area (Å²) in [5.74, 6) is -0.276. The molecule has 2 atom stereocenters. The summed E-state index contributed by atoms with van der Waals surface area (Å²) in [6, 6.07) is 49.4. The van der Waals surface area contributed by atoms with Gasteiger partial charge < -0.3 is 29.7 Å². The topological polar surface area (TPSA) is 124 Å². The third kappa shape index (κ3) is 8.84. The first kappa shape index (κ1) is 43.1. The number of benzene rings is 5. The molecule has 6 aromatic rings. The first-order chi connectivity index (χ1) is 31.4. The minimum atomic E-state index is -0.877. The van der Waals surface area contributed by atoms with Crippen molar-refractivity contribution in [3.8, 4) is 0 Å². The summed E-state index contributed by atoms with van der Waals surface area (Å²) in [5, 5.41) is 12.9. The number of ether oxygens (including phenoxy) is 3. The summed E-state index contributed by atoms with van der Waals surface area (Å²) >= 11 is 9.03. The Balaban J connectivity index is 0.979. The number of amides is 2. The molecule has 5 aromatic carbocycles. The van der Waals surface area contributed by atoms with Gasteiger partial charge in [-0.05, 0) is 52.0 Å². The number of thioether (sulfide) groups is 1. The molecule has 0 spiro atoms. The predicted molar refractivity (Wildman–Crippen MR) is 254 cm³/mol. The van der Waals surface area contributed by atoms with Gasteiger partial charge in [0, 0.05) is 17.1 Å². The second-order valence-corrected chi connectivity index (χ2v) is 17.8. The number of β-lactam (4-membered cyclic amide) rings is 1. The van der Waals surface area contributed by atoms with Gasteiger partial charge in [0.25, 0.3) is 11.8 Å². The Bertz CT molecular complexity index is 2490. The van der Waals surface area contributed by atoms with Crippen molar-refractivity contribution in [1.29, 1.82) is 0 Å². The molecule has 4 heterocycles. The van der Waals surface area contributed by atoms with Gasteiger partial charge in [-0.3, -0.25) is 14.5 Å². The first-order valence-electron chi connectivity index (χ1n) is 20.9. The molecule has 1 aromatic heterocycles. The molecule has 11 nitrogen and oxygen atoms in total. The number of anilines is 1. The fourth-order valence-electron chi connectivity index (χ4n) is 8.46. The number of thiocarbonyl (C=S) groups is 1. The maximum absolute atomic E-state index is 14.4. The van der Waals surface area contributed by atoms with Crippen molar-refractivity contribution < 1.29 is 28.6 Å². The average Bonchev–Trinajstić information content (AvgIpc) is 3.82. The number of carbonyl (C=O) groups is 2. The van der Waals surface area contributed by atoms with Gasteiger partial charge in [0.1, 0.15) is 42.7 Å². The smallest absolute Gasteiger partial charge is 0.276 e. The highest BCUT2D eigenvalue weighted by Gasteiger charge is 2.54. The number of rotatable bonds is 15. The second kappa shape index (κ2) is 19.7. The molecule has 0 aliphatic carbocycles. The minimum Gasteiger partial charge on any atom is -0.469 e. The molecule has 0 radical (unpaired) electrons. The average molecular weight is 908 g/mol. The van der Waals surface area contributed by atoms with Crippen LogP contribution in [0.1, 0.15) is 46.0 Å². The standard InChI is InChI=1S/C50H45N5O6S3/c1-58-54-41(40-31-64-49(51-40)53-50(37-21-11-4-12-22-37,38-23-13-5-14-24-38)39-25-15-6-16-26-39)45(56)52-42-46(57)55-43(36(30-63-47(42)55)27-33-28-59-32-60-29-33)48(62)61-44(34-17-7-2-8-18-34)35-19-9-3-10-20-35/h2-26,31,33,42,44,47H,27-30,32H2,1H3,(H,51,53)(H,52,56)/b54-41-/t42?,47-/m1/s1. The summed E-state index contributed by atoms with van der Waals surface area (Å²) in [7, 11) is 1.37. The fraction of sp³-hybridized carbons (Fsp3) is 0.220. The molecule has 64 heavy (non-hydrogen) atoms. The Morgan fingerprint density at radius 2 is 1.38 bits per heavy atom. The fourth-order valence-corrected chi connectivity index (χ4v) is 10.9. The molecule has 3 aliphatic rings. The number of hydrogen-bond donors (Lipinski definition) is 2. The maximum Gasteiger partial charge on any atom is 0.276 e. The van der Waals surface area contributed by atoms with Gasteiger partial charge in [-0.2, -0.15) is 0 Å². The zero-order chi connectivity index (χ0) is 43.9. The zero-order valence-corrected chi connectivity index (χ0v) is 37.3. The highest BCUT2D eigenvalue weighted by molar-refractivity contribution is 8.00. The Hall–Kier alpha value is -6.16. The minimum absolute atomic E-state index is 0.0650. The molecule has 2 amide bonds. The van der Waals surface area contributed by atoms with Crippen LogP contribution in [0.2, 0.25) is 0 Å². The lowest BCUT2D eigenvalue weighted by atomic mass is 9.77. The van der Waals surface area contributed by atoms with E-state index < -0.39 is 29.0 Å². The lowest BCUT2D eigenvalue weighted by Crippen LogP contribution is -2.71.